The molecule has 96 valence electrons. The highest BCUT2D eigenvalue weighted by Gasteiger charge is 2.15. The molecule has 1 aliphatic rings. The van der Waals surface area contributed by atoms with Crippen molar-refractivity contribution in [2.24, 2.45) is 0 Å². The summed E-state index contributed by atoms with van der Waals surface area (Å²) in [7, 11) is 0. The summed E-state index contributed by atoms with van der Waals surface area (Å²) in [4.78, 5) is 4.31. The molecule has 3 rings (SSSR count). The average Bonchev–Trinajstić information content (AvgIpc) is 2.97. The van der Waals surface area contributed by atoms with Crippen LogP contribution in [0.15, 0.2) is 30.5 Å². The number of pyridine rings is 1. The van der Waals surface area contributed by atoms with Crippen molar-refractivity contribution in [1.29, 1.82) is 5.26 Å². The Morgan fingerprint density at radius 1 is 1.42 bits per heavy atom. The molecule has 0 saturated carbocycles. The lowest BCUT2D eigenvalue weighted by molar-refractivity contribution is 0.634. The molecule has 4 nitrogen and oxygen atoms in total. The molecule has 2 heterocycles. The van der Waals surface area contributed by atoms with Crippen LogP contribution in [0.4, 0.5) is 5.69 Å². The highest BCUT2D eigenvalue weighted by atomic mass is 15.0. The molecular formula is C15H16N4. The summed E-state index contributed by atoms with van der Waals surface area (Å²) in [6.07, 6.45) is 4.07. The van der Waals surface area contributed by atoms with Crippen molar-refractivity contribution in [2.75, 3.05) is 18.4 Å². The quantitative estimate of drug-likeness (QED) is 0.879. The lowest BCUT2D eigenvalue weighted by Crippen LogP contribution is -2.29. The van der Waals surface area contributed by atoms with E-state index < -0.39 is 0 Å². The van der Waals surface area contributed by atoms with Crippen LogP contribution in [-0.4, -0.2) is 24.1 Å². The predicted octanol–water partition coefficient (Wildman–Crippen LogP) is 2.27. The van der Waals surface area contributed by atoms with Gasteiger partial charge in [0.25, 0.3) is 0 Å². The fourth-order valence-corrected chi connectivity index (χ4v) is 2.57. The van der Waals surface area contributed by atoms with Crippen LogP contribution in [0.25, 0.3) is 10.9 Å². The van der Waals surface area contributed by atoms with Crippen molar-refractivity contribution in [1.82, 2.24) is 10.3 Å². The molecule has 0 bridgehead atoms. The molecule has 1 aromatic heterocycles. The van der Waals surface area contributed by atoms with Gasteiger partial charge in [-0.05, 0) is 25.5 Å². The van der Waals surface area contributed by atoms with E-state index in [9.17, 15) is 5.26 Å². The van der Waals surface area contributed by atoms with Gasteiger partial charge in [0.2, 0.25) is 0 Å². The fraction of sp³-hybridized carbons (Fsp3) is 0.333. The average molecular weight is 252 g/mol. The number of hydrogen-bond acceptors (Lipinski definition) is 4. The third kappa shape index (κ3) is 2.38. The molecule has 2 N–H and O–H groups in total. The van der Waals surface area contributed by atoms with Crippen molar-refractivity contribution >= 4 is 16.6 Å². The Kier molecular flexibility index (Phi) is 3.30. The van der Waals surface area contributed by atoms with Crippen molar-refractivity contribution < 1.29 is 0 Å². The van der Waals surface area contributed by atoms with Crippen LogP contribution < -0.4 is 10.6 Å². The Hall–Kier alpha value is -2.12. The van der Waals surface area contributed by atoms with E-state index in [-0.39, 0.29) is 0 Å². The Morgan fingerprint density at radius 3 is 3.11 bits per heavy atom. The predicted molar refractivity (Wildman–Crippen MR) is 76.0 cm³/mol. The molecule has 1 aliphatic heterocycles. The Labute approximate surface area is 112 Å². The van der Waals surface area contributed by atoms with Crippen LogP contribution in [-0.2, 0) is 0 Å². The molecule has 1 saturated heterocycles. The van der Waals surface area contributed by atoms with E-state index in [1.54, 1.807) is 6.20 Å². The van der Waals surface area contributed by atoms with Gasteiger partial charge in [-0.2, -0.15) is 5.26 Å². The molecule has 0 radical (unpaired) electrons. The van der Waals surface area contributed by atoms with Crippen LogP contribution in [0.5, 0.6) is 0 Å². The normalized spacial score (nSPS) is 18.4. The summed E-state index contributed by atoms with van der Waals surface area (Å²) in [6.45, 7) is 1.94. The third-order valence-corrected chi connectivity index (χ3v) is 3.58. The van der Waals surface area contributed by atoms with E-state index in [1.807, 2.05) is 24.3 Å². The first-order valence-electron chi connectivity index (χ1n) is 6.63. The van der Waals surface area contributed by atoms with E-state index in [1.165, 1.54) is 12.8 Å². The highest BCUT2D eigenvalue weighted by Crippen LogP contribution is 2.25. The molecule has 1 aromatic carbocycles. The van der Waals surface area contributed by atoms with Crippen LogP contribution in [0, 0.1) is 11.3 Å². The Morgan fingerprint density at radius 2 is 2.32 bits per heavy atom. The number of nitrogens with zero attached hydrogens (tertiary/aromatic N) is 2. The van der Waals surface area contributed by atoms with E-state index in [2.05, 4.69) is 21.7 Å². The zero-order chi connectivity index (χ0) is 13.1. The summed E-state index contributed by atoms with van der Waals surface area (Å²) in [5.41, 5.74) is 2.43. The van der Waals surface area contributed by atoms with Crippen LogP contribution in [0.1, 0.15) is 18.4 Å². The fourth-order valence-electron chi connectivity index (χ4n) is 2.57. The molecule has 1 atom stereocenters. The molecule has 1 fully saturated rings. The number of para-hydroxylation sites is 1. The number of fused-ring (bicyclic) bond motifs is 1. The number of anilines is 1. The van der Waals surface area contributed by atoms with Gasteiger partial charge < -0.3 is 10.6 Å². The summed E-state index contributed by atoms with van der Waals surface area (Å²) in [5.74, 6) is 0. The van der Waals surface area contributed by atoms with Gasteiger partial charge in [0.15, 0.2) is 0 Å². The number of rotatable bonds is 3. The van der Waals surface area contributed by atoms with E-state index in [0.717, 1.165) is 29.7 Å². The van der Waals surface area contributed by atoms with Gasteiger partial charge >= 0.3 is 0 Å². The number of hydrogen-bond donors (Lipinski definition) is 2. The SMILES string of the molecule is N#Cc1cnc2ccccc2c1NCC1CCCN1. The second-order valence-corrected chi connectivity index (χ2v) is 4.85. The van der Waals surface area contributed by atoms with Crippen LogP contribution >= 0.6 is 0 Å². The first-order chi connectivity index (χ1) is 9.38. The number of benzene rings is 1. The molecule has 0 amide bonds. The number of nitrogens with one attached hydrogen (secondary N) is 2. The monoisotopic (exact) mass is 252 g/mol. The van der Waals surface area contributed by atoms with Gasteiger partial charge in [0, 0.05) is 24.2 Å². The number of aromatic nitrogens is 1. The van der Waals surface area contributed by atoms with E-state index in [4.69, 9.17) is 0 Å². The van der Waals surface area contributed by atoms with E-state index in [0.29, 0.717) is 11.6 Å². The Balaban J connectivity index is 1.93. The van der Waals surface area contributed by atoms with Gasteiger partial charge in [-0.15, -0.1) is 0 Å². The van der Waals surface area contributed by atoms with Gasteiger partial charge in [-0.1, -0.05) is 18.2 Å². The second-order valence-electron chi connectivity index (χ2n) is 4.85. The summed E-state index contributed by atoms with van der Waals surface area (Å²) < 4.78 is 0. The molecule has 2 aromatic rings. The maximum Gasteiger partial charge on any atom is 0.103 e. The van der Waals surface area contributed by atoms with Crippen molar-refractivity contribution in [2.45, 2.75) is 18.9 Å². The maximum absolute atomic E-state index is 9.22. The number of nitriles is 1. The molecule has 1 unspecified atom stereocenters. The minimum atomic E-state index is 0.499. The molecule has 0 spiro atoms. The first kappa shape index (κ1) is 11.9. The standard InChI is InChI=1S/C15H16N4/c16-8-11-9-18-14-6-2-1-5-13(14)15(11)19-10-12-4-3-7-17-12/h1-2,5-6,9,12,17H,3-4,7,10H2,(H,18,19). The molecular weight excluding hydrogens is 236 g/mol. The lowest BCUT2D eigenvalue weighted by atomic mass is 10.1. The second kappa shape index (κ2) is 5.25. The first-order valence-corrected chi connectivity index (χ1v) is 6.63. The van der Waals surface area contributed by atoms with Crippen molar-refractivity contribution in [3.05, 3.63) is 36.0 Å². The van der Waals surface area contributed by atoms with Crippen molar-refractivity contribution in [3.8, 4) is 6.07 Å². The summed E-state index contributed by atoms with van der Waals surface area (Å²) >= 11 is 0. The highest BCUT2D eigenvalue weighted by molar-refractivity contribution is 5.93. The van der Waals surface area contributed by atoms with Gasteiger partial charge in [0.05, 0.1) is 16.8 Å². The van der Waals surface area contributed by atoms with Crippen molar-refractivity contribution in [3.63, 3.8) is 0 Å². The zero-order valence-corrected chi connectivity index (χ0v) is 10.7. The topological polar surface area (TPSA) is 60.7 Å². The third-order valence-electron chi connectivity index (χ3n) is 3.58. The minimum Gasteiger partial charge on any atom is -0.382 e. The summed E-state index contributed by atoms with van der Waals surface area (Å²) in [5, 5.41) is 17.1. The largest absolute Gasteiger partial charge is 0.382 e. The zero-order valence-electron chi connectivity index (χ0n) is 10.7. The molecule has 4 heteroatoms. The molecule has 19 heavy (non-hydrogen) atoms. The Bertz CT molecular complexity index is 624. The van der Waals surface area contributed by atoms with Crippen LogP contribution in [0.3, 0.4) is 0 Å². The maximum atomic E-state index is 9.22. The smallest absolute Gasteiger partial charge is 0.103 e. The van der Waals surface area contributed by atoms with Crippen LogP contribution in [0.2, 0.25) is 0 Å². The minimum absolute atomic E-state index is 0.499. The van der Waals surface area contributed by atoms with Gasteiger partial charge in [-0.25, -0.2) is 0 Å². The van der Waals surface area contributed by atoms with Gasteiger partial charge in [-0.3, -0.25) is 4.98 Å². The summed E-state index contributed by atoms with van der Waals surface area (Å²) in [6, 6.07) is 10.6. The van der Waals surface area contributed by atoms with E-state index >= 15 is 0 Å². The van der Waals surface area contributed by atoms with Gasteiger partial charge in [0.1, 0.15) is 6.07 Å². The lowest BCUT2D eigenvalue weighted by Gasteiger charge is -2.15. The molecule has 0 aliphatic carbocycles.